The largest absolute Gasteiger partial charge is 0.444 e. The first-order chi connectivity index (χ1) is 12.8. The number of hydrogen-bond acceptors (Lipinski definition) is 5. The zero-order valence-corrected chi connectivity index (χ0v) is 16.1. The third-order valence-corrected chi connectivity index (χ3v) is 5.47. The summed E-state index contributed by atoms with van der Waals surface area (Å²) in [7, 11) is 0. The van der Waals surface area contributed by atoms with Crippen molar-refractivity contribution in [3.8, 4) is 11.5 Å². The molecule has 2 aromatic rings. The highest BCUT2D eigenvalue weighted by molar-refractivity contribution is 5.85. The first kappa shape index (κ1) is 20.3. The van der Waals surface area contributed by atoms with Gasteiger partial charge >= 0.3 is 0 Å². The molecule has 2 aliphatic rings. The minimum atomic E-state index is -0.256. The Hall–Kier alpha value is -1.47. The number of nitrogens with zero attached hydrogens (tertiary/aromatic N) is 1. The van der Waals surface area contributed by atoms with E-state index < -0.39 is 0 Å². The number of aromatic nitrogens is 1. The van der Waals surface area contributed by atoms with Gasteiger partial charge in [0.15, 0.2) is 0 Å². The van der Waals surface area contributed by atoms with Crippen molar-refractivity contribution in [1.29, 1.82) is 0 Å². The van der Waals surface area contributed by atoms with E-state index in [2.05, 4.69) is 15.6 Å². The van der Waals surface area contributed by atoms with Crippen LogP contribution in [0.15, 0.2) is 34.9 Å². The molecule has 0 spiro atoms. The Bertz CT molecular complexity index is 704. The summed E-state index contributed by atoms with van der Waals surface area (Å²) in [6.45, 7) is 3.49. The maximum absolute atomic E-state index is 13.0. The highest BCUT2D eigenvalue weighted by atomic mass is 35.5. The van der Waals surface area contributed by atoms with E-state index in [9.17, 15) is 4.39 Å². The van der Waals surface area contributed by atoms with Crippen molar-refractivity contribution in [2.24, 2.45) is 5.92 Å². The molecule has 5 nitrogen and oxygen atoms in total. The molecule has 1 aliphatic heterocycles. The monoisotopic (exact) mass is 395 g/mol. The van der Waals surface area contributed by atoms with Crippen molar-refractivity contribution in [2.45, 2.75) is 37.8 Å². The second-order valence-electron chi connectivity index (χ2n) is 7.19. The molecule has 1 aromatic heterocycles. The van der Waals surface area contributed by atoms with Crippen molar-refractivity contribution < 1.29 is 13.5 Å². The quantitative estimate of drug-likeness (QED) is 0.786. The van der Waals surface area contributed by atoms with Gasteiger partial charge in [-0.25, -0.2) is 9.37 Å². The molecule has 4 rings (SSSR count). The molecule has 1 saturated heterocycles. The Morgan fingerprint density at radius 1 is 1.22 bits per heavy atom. The lowest BCUT2D eigenvalue weighted by Crippen LogP contribution is -2.51. The average Bonchev–Trinajstić information content (AvgIpc) is 3.33. The molecule has 0 amide bonds. The molecule has 148 valence electrons. The lowest BCUT2D eigenvalue weighted by atomic mass is 9.94. The highest BCUT2D eigenvalue weighted by Crippen LogP contribution is 2.29. The Labute approximate surface area is 165 Å². The molecule has 1 aliphatic carbocycles. The van der Waals surface area contributed by atoms with E-state index in [-0.39, 0.29) is 18.2 Å². The van der Waals surface area contributed by atoms with Crippen molar-refractivity contribution in [3.63, 3.8) is 0 Å². The summed E-state index contributed by atoms with van der Waals surface area (Å²) < 4.78 is 24.2. The molecule has 27 heavy (non-hydrogen) atoms. The van der Waals surface area contributed by atoms with E-state index in [0.717, 1.165) is 44.0 Å². The predicted molar refractivity (Wildman–Crippen MR) is 105 cm³/mol. The van der Waals surface area contributed by atoms with Gasteiger partial charge in [0.1, 0.15) is 12.1 Å². The highest BCUT2D eigenvalue weighted by Gasteiger charge is 2.34. The zero-order chi connectivity index (χ0) is 17.8. The van der Waals surface area contributed by atoms with Crippen LogP contribution in [0.25, 0.3) is 11.5 Å². The lowest BCUT2D eigenvalue weighted by Gasteiger charge is -2.33. The maximum Gasteiger partial charge on any atom is 0.226 e. The maximum atomic E-state index is 13.0. The van der Waals surface area contributed by atoms with Gasteiger partial charge in [-0.3, -0.25) is 0 Å². The van der Waals surface area contributed by atoms with Crippen LogP contribution in [0.3, 0.4) is 0 Å². The van der Waals surface area contributed by atoms with Gasteiger partial charge in [-0.05, 0) is 43.0 Å². The molecular formula is C20H27ClFN3O2. The number of morpholine rings is 1. The lowest BCUT2D eigenvalue weighted by molar-refractivity contribution is 0.0526. The predicted octanol–water partition coefficient (Wildman–Crippen LogP) is 3.19. The summed E-state index contributed by atoms with van der Waals surface area (Å²) in [5, 5.41) is 7.31. The summed E-state index contributed by atoms with van der Waals surface area (Å²) in [6, 6.07) is 7.23. The molecule has 3 unspecified atom stereocenters. The summed E-state index contributed by atoms with van der Waals surface area (Å²) in [5.41, 5.74) is 1.72. The molecule has 1 aromatic carbocycles. The molecule has 2 fully saturated rings. The van der Waals surface area contributed by atoms with Crippen LogP contribution in [0.4, 0.5) is 4.39 Å². The molecular weight excluding hydrogens is 369 g/mol. The average molecular weight is 396 g/mol. The third-order valence-electron chi connectivity index (χ3n) is 5.47. The number of hydrogen-bond donors (Lipinski definition) is 2. The fraction of sp³-hybridized carbons (Fsp3) is 0.550. The summed E-state index contributed by atoms with van der Waals surface area (Å²) in [6.07, 6.45) is 6.28. The standard InChI is InChI=1S/C20H26FN3O2.ClH/c21-15-6-4-14(5-7-15)20-24-16(12-26-20)8-9-22-18-3-1-2-17(18)19-13-25-11-10-23-19;/h4-7,12,17-19,22-23H,1-3,8-11,13H2;1H. The number of halogens is 2. The summed E-state index contributed by atoms with van der Waals surface area (Å²) in [5.74, 6) is 0.929. The van der Waals surface area contributed by atoms with E-state index in [1.54, 1.807) is 18.4 Å². The smallest absolute Gasteiger partial charge is 0.226 e. The van der Waals surface area contributed by atoms with Crippen molar-refractivity contribution in [1.82, 2.24) is 15.6 Å². The molecule has 7 heteroatoms. The van der Waals surface area contributed by atoms with Crippen LogP contribution in [0.2, 0.25) is 0 Å². The number of oxazole rings is 1. The Kier molecular flexibility index (Phi) is 7.24. The normalized spacial score (nSPS) is 25.3. The Morgan fingerprint density at radius 3 is 2.85 bits per heavy atom. The minimum absolute atomic E-state index is 0. The second-order valence-corrected chi connectivity index (χ2v) is 7.19. The number of nitrogens with one attached hydrogen (secondary N) is 2. The Morgan fingerprint density at radius 2 is 2.07 bits per heavy atom. The van der Waals surface area contributed by atoms with E-state index in [4.69, 9.17) is 9.15 Å². The van der Waals surface area contributed by atoms with Crippen molar-refractivity contribution >= 4 is 12.4 Å². The first-order valence-electron chi connectivity index (χ1n) is 9.54. The van der Waals surface area contributed by atoms with Crippen LogP contribution in [0.5, 0.6) is 0 Å². The number of ether oxygens (including phenoxy) is 1. The fourth-order valence-corrected chi connectivity index (χ4v) is 4.12. The van der Waals surface area contributed by atoms with Crippen LogP contribution >= 0.6 is 12.4 Å². The van der Waals surface area contributed by atoms with Crippen LogP contribution in [-0.2, 0) is 11.2 Å². The number of rotatable bonds is 6. The molecule has 3 atom stereocenters. The summed E-state index contributed by atoms with van der Waals surface area (Å²) in [4.78, 5) is 4.52. The summed E-state index contributed by atoms with van der Waals surface area (Å²) >= 11 is 0. The first-order valence-corrected chi connectivity index (χ1v) is 9.54. The van der Waals surface area contributed by atoms with E-state index >= 15 is 0 Å². The second kappa shape index (κ2) is 9.64. The number of benzene rings is 1. The van der Waals surface area contributed by atoms with Crippen molar-refractivity contribution in [2.75, 3.05) is 26.3 Å². The van der Waals surface area contributed by atoms with Gasteiger partial charge in [0.25, 0.3) is 0 Å². The van der Waals surface area contributed by atoms with Gasteiger partial charge in [-0.15, -0.1) is 12.4 Å². The van der Waals surface area contributed by atoms with E-state index in [1.807, 2.05) is 0 Å². The van der Waals surface area contributed by atoms with Crippen LogP contribution in [0, 0.1) is 11.7 Å². The molecule has 2 N–H and O–H groups in total. The SMILES string of the molecule is Cl.Fc1ccc(-c2nc(CCNC3CCCC3C3COCCN3)co2)cc1. The topological polar surface area (TPSA) is 59.3 Å². The molecule has 2 heterocycles. The van der Waals surface area contributed by atoms with E-state index in [0.29, 0.717) is 23.9 Å². The molecule has 0 radical (unpaired) electrons. The van der Waals surface area contributed by atoms with Gasteiger partial charge < -0.3 is 19.8 Å². The molecule has 0 bridgehead atoms. The Balaban J connectivity index is 0.00000210. The van der Waals surface area contributed by atoms with Gasteiger partial charge in [0.05, 0.1) is 18.9 Å². The van der Waals surface area contributed by atoms with Gasteiger partial charge in [-0.2, -0.15) is 0 Å². The van der Waals surface area contributed by atoms with E-state index in [1.165, 1.54) is 31.4 Å². The van der Waals surface area contributed by atoms with Gasteiger partial charge in [0.2, 0.25) is 5.89 Å². The van der Waals surface area contributed by atoms with Gasteiger partial charge in [0, 0.05) is 37.2 Å². The van der Waals surface area contributed by atoms with Crippen LogP contribution < -0.4 is 10.6 Å². The molecule has 1 saturated carbocycles. The minimum Gasteiger partial charge on any atom is -0.444 e. The van der Waals surface area contributed by atoms with Crippen LogP contribution in [0.1, 0.15) is 25.0 Å². The van der Waals surface area contributed by atoms with Crippen LogP contribution in [-0.4, -0.2) is 43.4 Å². The zero-order valence-electron chi connectivity index (χ0n) is 15.3. The third kappa shape index (κ3) is 5.08. The van der Waals surface area contributed by atoms with Crippen molar-refractivity contribution in [3.05, 3.63) is 42.0 Å². The van der Waals surface area contributed by atoms with Gasteiger partial charge in [-0.1, -0.05) is 6.42 Å². The fourth-order valence-electron chi connectivity index (χ4n) is 4.12.